The number of nitrogens with one attached hydrogen (secondary N) is 2. The largest absolute Gasteiger partial charge is 0.353 e. The van der Waals surface area contributed by atoms with E-state index in [0.717, 1.165) is 24.3 Å². The summed E-state index contributed by atoms with van der Waals surface area (Å²) in [4.78, 5) is 33.0. The van der Waals surface area contributed by atoms with Crippen molar-refractivity contribution in [3.8, 4) is 0 Å². The summed E-state index contributed by atoms with van der Waals surface area (Å²) in [6.45, 7) is 2.48. The summed E-state index contributed by atoms with van der Waals surface area (Å²) < 4.78 is 0. The number of rotatable bonds is 3. The van der Waals surface area contributed by atoms with Crippen molar-refractivity contribution in [1.29, 1.82) is 0 Å². The highest BCUT2D eigenvalue weighted by Crippen LogP contribution is 2.22. The van der Waals surface area contributed by atoms with Crippen LogP contribution in [0.15, 0.2) is 11.0 Å². The molecule has 0 aromatic heterocycles. The molecule has 1 aliphatic heterocycles. The minimum atomic E-state index is -0.508. The lowest BCUT2D eigenvalue weighted by Gasteiger charge is -1.97. The molecule has 2 N–H and O–H groups in total. The molecule has 3 amide bonds. The van der Waals surface area contributed by atoms with Crippen LogP contribution in [-0.4, -0.2) is 23.6 Å². The van der Waals surface area contributed by atoms with Crippen LogP contribution >= 0.6 is 11.8 Å². The molecule has 1 rings (SSSR count). The smallest absolute Gasteiger partial charge is 0.290 e. The lowest BCUT2D eigenvalue weighted by molar-refractivity contribution is -0.118. The van der Waals surface area contributed by atoms with Gasteiger partial charge in [0.25, 0.3) is 11.1 Å². The molecular weight excluding hydrogens is 204 g/mol. The Morgan fingerprint density at radius 2 is 2.29 bits per heavy atom. The lowest BCUT2D eigenvalue weighted by atomic mass is 10.4. The van der Waals surface area contributed by atoms with Crippen molar-refractivity contribution in [3.63, 3.8) is 0 Å². The van der Waals surface area contributed by atoms with E-state index < -0.39 is 11.1 Å². The summed E-state index contributed by atoms with van der Waals surface area (Å²) in [6, 6.07) is 0. The normalized spacial score (nSPS) is 18.5. The maximum atomic E-state index is 11.1. The molecule has 0 radical (unpaired) electrons. The van der Waals surface area contributed by atoms with E-state index in [4.69, 9.17) is 0 Å². The van der Waals surface area contributed by atoms with E-state index in [9.17, 15) is 14.4 Å². The van der Waals surface area contributed by atoms with Crippen molar-refractivity contribution in [3.05, 3.63) is 11.0 Å². The molecule has 0 aromatic rings. The molecule has 0 unspecified atom stereocenters. The number of imide groups is 1. The Hall–Kier alpha value is -1.30. The summed E-state index contributed by atoms with van der Waals surface area (Å²) >= 11 is 0.736. The predicted molar refractivity (Wildman–Crippen MR) is 52.5 cm³/mol. The third kappa shape index (κ3) is 2.88. The molecule has 1 heterocycles. The first-order valence-electron chi connectivity index (χ1n) is 4.16. The lowest BCUT2D eigenvalue weighted by Crippen LogP contribution is -2.23. The molecule has 0 bridgehead atoms. The molecule has 0 aromatic carbocycles. The molecule has 1 saturated heterocycles. The van der Waals surface area contributed by atoms with Crippen molar-refractivity contribution >= 4 is 28.8 Å². The second-order valence-electron chi connectivity index (χ2n) is 2.64. The first kappa shape index (κ1) is 10.8. The number of thioether (sulfide) groups is 1. The highest BCUT2D eigenvalue weighted by molar-refractivity contribution is 8.18. The molecule has 5 nitrogen and oxygen atoms in total. The molecule has 0 saturated carbocycles. The molecule has 1 aliphatic rings. The number of amides is 3. The quantitative estimate of drug-likeness (QED) is 0.666. The molecule has 6 heteroatoms. The molecular formula is C8H10N2O3S. The van der Waals surface area contributed by atoms with E-state index in [1.165, 1.54) is 0 Å². The summed E-state index contributed by atoms with van der Waals surface area (Å²) in [7, 11) is 0. The monoisotopic (exact) mass is 214 g/mol. The zero-order valence-corrected chi connectivity index (χ0v) is 8.44. The van der Waals surface area contributed by atoms with E-state index in [-0.39, 0.29) is 10.8 Å². The number of carbonyl (C=O) groups excluding carboxylic acids is 3. The third-order valence-electron chi connectivity index (χ3n) is 1.45. The van der Waals surface area contributed by atoms with Gasteiger partial charge in [0.05, 0.1) is 4.91 Å². The van der Waals surface area contributed by atoms with Crippen LogP contribution in [-0.2, 0) is 9.59 Å². The fourth-order valence-electron chi connectivity index (χ4n) is 0.839. The fraction of sp³-hybridized carbons (Fsp3) is 0.375. The van der Waals surface area contributed by atoms with E-state index in [1.807, 2.05) is 6.92 Å². The van der Waals surface area contributed by atoms with Gasteiger partial charge in [0.15, 0.2) is 0 Å². The van der Waals surface area contributed by atoms with Gasteiger partial charge in [0.2, 0.25) is 5.91 Å². The Morgan fingerprint density at radius 3 is 2.79 bits per heavy atom. The van der Waals surface area contributed by atoms with Gasteiger partial charge in [-0.2, -0.15) is 0 Å². The second kappa shape index (κ2) is 4.80. The molecule has 76 valence electrons. The van der Waals surface area contributed by atoms with Crippen LogP contribution in [0.3, 0.4) is 0 Å². The molecule has 0 atom stereocenters. The topological polar surface area (TPSA) is 75.3 Å². The van der Waals surface area contributed by atoms with E-state index in [2.05, 4.69) is 10.6 Å². The van der Waals surface area contributed by atoms with Gasteiger partial charge in [-0.15, -0.1) is 0 Å². The maximum Gasteiger partial charge on any atom is 0.290 e. The van der Waals surface area contributed by atoms with Gasteiger partial charge in [-0.3, -0.25) is 19.7 Å². The van der Waals surface area contributed by atoms with E-state index in [1.54, 1.807) is 0 Å². The van der Waals surface area contributed by atoms with Gasteiger partial charge in [0, 0.05) is 12.6 Å². The third-order valence-corrected chi connectivity index (χ3v) is 2.26. The Labute approximate surface area is 85.3 Å². The van der Waals surface area contributed by atoms with Gasteiger partial charge >= 0.3 is 0 Å². The van der Waals surface area contributed by atoms with Crippen molar-refractivity contribution in [2.75, 3.05) is 6.54 Å². The summed E-state index contributed by atoms with van der Waals surface area (Å²) in [5.74, 6) is -0.856. The molecule has 0 spiro atoms. The summed E-state index contributed by atoms with van der Waals surface area (Å²) in [6.07, 6.45) is 1.97. The fourth-order valence-corrected chi connectivity index (χ4v) is 1.49. The van der Waals surface area contributed by atoms with E-state index in [0.29, 0.717) is 6.54 Å². The Kier molecular flexibility index (Phi) is 3.70. The van der Waals surface area contributed by atoms with Crippen molar-refractivity contribution in [1.82, 2.24) is 10.6 Å². The average Bonchev–Trinajstić information content (AvgIpc) is 2.42. The second-order valence-corrected chi connectivity index (χ2v) is 3.66. The maximum absolute atomic E-state index is 11.1. The molecule has 14 heavy (non-hydrogen) atoms. The Bertz CT molecular complexity index is 312. The van der Waals surface area contributed by atoms with Crippen LogP contribution in [0.1, 0.15) is 13.3 Å². The van der Waals surface area contributed by atoms with Gasteiger partial charge in [-0.1, -0.05) is 6.92 Å². The number of carbonyl (C=O) groups is 3. The Balaban J connectivity index is 2.55. The summed E-state index contributed by atoms with van der Waals surface area (Å²) in [5.41, 5.74) is 0. The van der Waals surface area contributed by atoms with Crippen molar-refractivity contribution < 1.29 is 14.4 Å². The number of hydrogen-bond donors (Lipinski definition) is 2. The Morgan fingerprint density at radius 1 is 1.57 bits per heavy atom. The first-order valence-corrected chi connectivity index (χ1v) is 4.98. The van der Waals surface area contributed by atoms with E-state index >= 15 is 0 Å². The predicted octanol–water partition coefficient (Wildman–Crippen LogP) is 0.379. The molecule has 1 fully saturated rings. The SMILES string of the molecule is CCCNC(=O)/C=C1\SC(=O)NC1=O. The average molecular weight is 214 g/mol. The first-order chi connectivity index (χ1) is 6.63. The van der Waals surface area contributed by atoms with Gasteiger partial charge in [0.1, 0.15) is 0 Å². The van der Waals surface area contributed by atoms with Crippen molar-refractivity contribution in [2.45, 2.75) is 13.3 Å². The van der Waals surface area contributed by atoms with Gasteiger partial charge in [-0.05, 0) is 18.2 Å². The highest BCUT2D eigenvalue weighted by atomic mass is 32.2. The van der Waals surface area contributed by atoms with Crippen LogP contribution in [0.5, 0.6) is 0 Å². The van der Waals surface area contributed by atoms with Crippen molar-refractivity contribution in [2.24, 2.45) is 0 Å². The zero-order chi connectivity index (χ0) is 10.6. The van der Waals surface area contributed by atoms with Crippen LogP contribution in [0.25, 0.3) is 0 Å². The standard InChI is InChI=1S/C8H10N2O3S/c1-2-3-9-6(11)4-5-7(12)10-8(13)14-5/h4H,2-3H2,1H3,(H,9,11)(H,10,12,13)/b5-4-. The van der Waals surface area contributed by atoms with Crippen LogP contribution in [0, 0.1) is 0 Å². The number of hydrogen-bond acceptors (Lipinski definition) is 4. The van der Waals surface area contributed by atoms with Crippen LogP contribution in [0.2, 0.25) is 0 Å². The zero-order valence-electron chi connectivity index (χ0n) is 7.62. The minimum Gasteiger partial charge on any atom is -0.353 e. The summed E-state index contributed by atoms with van der Waals surface area (Å²) in [5, 5.41) is 4.20. The molecule has 0 aliphatic carbocycles. The van der Waals surface area contributed by atoms with Crippen LogP contribution < -0.4 is 10.6 Å². The van der Waals surface area contributed by atoms with Crippen LogP contribution in [0.4, 0.5) is 4.79 Å². The highest BCUT2D eigenvalue weighted by Gasteiger charge is 2.25. The van der Waals surface area contributed by atoms with Gasteiger partial charge in [-0.25, -0.2) is 0 Å². The minimum absolute atomic E-state index is 0.142. The van der Waals surface area contributed by atoms with Gasteiger partial charge < -0.3 is 5.32 Å².